The third kappa shape index (κ3) is 3.21. The maximum absolute atomic E-state index is 12.2. The van der Waals surface area contributed by atoms with Crippen LogP contribution < -0.4 is 14.2 Å². The molecular formula is C19H25N3O4. The lowest BCUT2D eigenvalue weighted by Crippen LogP contribution is -2.31. The first-order valence-electron chi connectivity index (χ1n) is 8.63. The minimum absolute atomic E-state index is 0.0840. The highest BCUT2D eigenvalue weighted by Gasteiger charge is 2.33. The number of rotatable bonds is 6. The number of ether oxygens (including phenoxy) is 3. The summed E-state index contributed by atoms with van der Waals surface area (Å²) in [7, 11) is 4.75. The van der Waals surface area contributed by atoms with E-state index < -0.39 is 0 Å². The van der Waals surface area contributed by atoms with Gasteiger partial charge in [0.25, 0.3) is 0 Å². The first-order valence-corrected chi connectivity index (χ1v) is 8.63. The molecule has 1 amide bonds. The van der Waals surface area contributed by atoms with Gasteiger partial charge in [0.05, 0.1) is 33.2 Å². The quantitative estimate of drug-likeness (QED) is 0.858. The molecular weight excluding hydrogens is 334 g/mol. The molecule has 1 aliphatic rings. The molecule has 0 spiro atoms. The summed E-state index contributed by atoms with van der Waals surface area (Å²) in [5.74, 6) is 2.80. The van der Waals surface area contributed by atoms with E-state index in [1.165, 1.54) is 0 Å². The number of imidazole rings is 1. The Morgan fingerprint density at radius 3 is 2.31 bits per heavy atom. The number of amides is 1. The molecule has 0 saturated carbocycles. The van der Waals surface area contributed by atoms with E-state index >= 15 is 0 Å². The standard InChI is InChI=1S/C19H25N3O4/c1-11(2)22-10-13(8-17(22)23)19-20-9-14(21-19)12-6-15(24-3)18(26-5)16(7-12)25-4/h6-7,9,11,13H,8,10H2,1-5H3,(H,20,21)/t13-/m1/s1. The molecule has 1 aromatic carbocycles. The van der Waals surface area contributed by atoms with Crippen LogP contribution in [0.3, 0.4) is 0 Å². The Morgan fingerprint density at radius 2 is 1.81 bits per heavy atom. The third-order valence-corrected chi connectivity index (χ3v) is 4.74. The zero-order valence-electron chi connectivity index (χ0n) is 15.8. The molecule has 3 rings (SSSR count). The maximum Gasteiger partial charge on any atom is 0.223 e. The number of aromatic nitrogens is 2. The van der Waals surface area contributed by atoms with Gasteiger partial charge in [0.1, 0.15) is 5.82 Å². The molecule has 2 aromatic rings. The van der Waals surface area contributed by atoms with Crippen molar-refractivity contribution in [1.29, 1.82) is 0 Å². The van der Waals surface area contributed by atoms with Gasteiger partial charge in [-0.15, -0.1) is 0 Å². The van der Waals surface area contributed by atoms with E-state index in [9.17, 15) is 4.79 Å². The highest BCUT2D eigenvalue weighted by Crippen LogP contribution is 2.41. The average Bonchev–Trinajstić information content (AvgIpc) is 3.27. The van der Waals surface area contributed by atoms with E-state index in [-0.39, 0.29) is 17.9 Å². The summed E-state index contributed by atoms with van der Waals surface area (Å²) < 4.78 is 16.2. The highest BCUT2D eigenvalue weighted by molar-refractivity contribution is 5.80. The predicted molar refractivity (Wildman–Crippen MR) is 97.9 cm³/mol. The van der Waals surface area contributed by atoms with Crippen LogP contribution in [0, 0.1) is 0 Å². The molecule has 7 nitrogen and oxygen atoms in total. The second-order valence-electron chi connectivity index (χ2n) is 6.64. The number of hydrogen-bond donors (Lipinski definition) is 1. The number of H-pyrrole nitrogens is 1. The summed E-state index contributed by atoms with van der Waals surface area (Å²) in [6.45, 7) is 4.76. The number of nitrogens with zero attached hydrogens (tertiary/aromatic N) is 2. The van der Waals surface area contributed by atoms with Crippen LogP contribution in [0.1, 0.15) is 32.0 Å². The lowest BCUT2D eigenvalue weighted by Gasteiger charge is -2.20. The van der Waals surface area contributed by atoms with Gasteiger partial charge in [-0.2, -0.15) is 0 Å². The minimum atomic E-state index is 0.0840. The van der Waals surface area contributed by atoms with Gasteiger partial charge in [0, 0.05) is 30.5 Å². The van der Waals surface area contributed by atoms with Crippen LogP contribution in [-0.4, -0.2) is 54.7 Å². The van der Waals surface area contributed by atoms with E-state index in [4.69, 9.17) is 14.2 Å². The molecule has 1 fully saturated rings. The fourth-order valence-electron chi connectivity index (χ4n) is 3.34. The molecule has 26 heavy (non-hydrogen) atoms. The molecule has 0 bridgehead atoms. The van der Waals surface area contributed by atoms with Crippen molar-refractivity contribution in [2.45, 2.75) is 32.2 Å². The minimum Gasteiger partial charge on any atom is -0.493 e. The molecule has 1 aliphatic heterocycles. The number of benzene rings is 1. The van der Waals surface area contributed by atoms with E-state index in [1.807, 2.05) is 30.9 Å². The summed E-state index contributed by atoms with van der Waals surface area (Å²) in [5, 5.41) is 0. The maximum atomic E-state index is 12.2. The van der Waals surface area contributed by atoms with Crippen LogP contribution >= 0.6 is 0 Å². The molecule has 0 radical (unpaired) electrons. The first-order chi connectivity index (χ1) is 12.5. The van der Waals surface area contributed by atoms with Crippen LogP contribution in [0.5, 0.6) is 17.2 Å². The topological polar surface area (TPSA) is 76.7 Å². The van der Waals surface area contributed by atoms with Gasteiger partial charge >= 0.3 is 0 Å². The Morgan fingerprint density at radius 1 is 1.15 bits per heavy atom. The van der Waals surface area contributed by atoms with Crippen molar-refractivity contribution < 1.29 is 19.0 Å². The van der Waals surface area contributed by atoms with Gasteiger partial charge in [0.15, 0.2) is 11.5 Å². The Labute approximate surface area is 153 Å². The second-order valence-corrected chi connectivity index (χ2v) is 6.64. The van der Waals surface area contributed by atoms with Crippen LogP contribution in [0.2, 0.25) is 0 Å². The summed E-state index contributed by atoms with van der Waals surface area (Å²) in [4.78, 5) is 21.9. The number of methoxy groups -OCH3 is 3. The fraction of sp³-hybridized carbons (Fsp3) is 0.474. The van der Waals surface area contributed by atoms with Crippen LogP contribution in [0.4, 0.5) is 0 Å². The smallest absolute Gasteiger partial charge is 0.223 e. The summed E-state index contributed by atoms with van der Waals surface area (Å²) >= 11 is 0. The van der Waals surface area contributed by atoms with Gasteiger partial charge in [-0.25, -0.2) is 4.98 Å². The molecule has 140 valence electrons. The lowest BCUT2D eigenvalue weighted by atomic mass is 10.1. The summed E-state index contributed by atoms with van der Waals surface area (Å²) in [5.41, 5.74) is 1.72. The van der Waals surface area contributed by atoms with Crippen molar-refractivity contribution in [2.75, 3.05) is 27.9 Å². The molecule has 0 unspecified atom stereocenters. The van der Waals surface area contributed by atoms with E-state index in [2.05, 4.69) is 9.97 Å². The molecule has 7 heteroatoms. The van der Waals surface area contributed by atoms with Gasteiger partial charge in [0.2, 0.25) is 11.7 Å². The molecule has 1 saturated heterocycles. The number of aromatic amines is 1. The Hall–Kier alpha value is -2.70. The van der Waals surface area contributed by atoms with Gasteiger partial charge < -0.3 is 24.1 Å². The monoisotopic (exact) mass is 359 g/mol. The van der Waals surface area contributed by atoms with E-state index in [1.54, 1.807) is 27.5 Å². The van der Waals surface area contributed by atoms with Gasteiger partial charge in [-0.05, 0) is 26.0 Å². The number of carbonyl (C=O) groups excluding carboxylic acids is 1. The number of carbonyl (C=O) groups is 1. The van der Waals surface area contributed by atoms with Crippen molar-refractivity contribution in [1.82, 2.24) is 14.9 Å². The van der Waals surface area contributed by atoms with Gasteiger partial charge in [-0.1, -0.05) is 0 Å². The largest absolute Gasteiger partial charge is 0.493 e. The zero-order valence-corrected chi connectivity index (χ0v) is 15.8. The highest BCUT2D eigenvalue weighted by atomic mass is 16.5. The molecule has 1 N–H and O–H groups in total. The normalized spacial score (nSPS) is 17.1. The molecule has 0 aliphatic carbocycles. The van der Waals surface area contributed by atoms with Crippen LogP contribution in [0.25, 0.3) is 11.3 Å². The summed E-state index contributed by atoms with van der Waals surface area (Å²) in [6, 6.07) is 3.95. The van der Waals surface area contributed by atoms with E-state index in [0.29, 0.717) is 30.2 Å². The number of likely N-dealkylation sites (tertiary alicyclic amines) is 1. The summed E-state index contributed by atoms with van der Waals surface area (Å²) in [6.07, 6.45) is 2.26. The predicted octanol–water partition coefficient (Wildman–Crippen LogP) is 2.83. The Balaban J connectivity index is 1.90. The van der Waals surface area contributed by atoms with Crippen molar-refractivity contribution >= 4 is 5.91 Å². The fourth-order valence-corrected chi connectivity index (χ4v) is 3.34. The van der Waals surface area contributed by atoms with E-state index in [0.717, 1.165) is 17.1 Å². The second kappa shape index (κ2) is 7.27. The van der Waals surface area contributed by atoms with Crippen LogP contribution in [0.15, 0.2) is 18.3 Å². The molecule has 2 heterocycles. The zero-order chi connectivity index (χ0) is 18.8. The number of hydrogen-bond acceptors (Lipinski definition) is 5. The lowest BCUT2D eigenvalue weighted by molar-refractivity contribution is -0.129. The Kier molecular flexibility index (Phi) is 5.06. The van der Waals surface area contributed by atoms with Crippen LogP contribution in [-0.2, 0) is 4.79 Å². The Bertz CT molecular complexity index is 775. The SMILES string of the molecule is COc1cc(-c2cnc([C@@H]3CC(=O)N(C(C)C)C3)[nH]2)cc(OC)c1OC. The first kappa shape index (κ1) is 18.1. The third-order valence-electron chi connectivity index (χ3n) is 4.74. The van der Waals surface area contributed by atoms with Gasteiger partial charge in [-0.3, -0.25) is 4.79 Å². The molecule has 1 aromatic heterocycles. The van der Waals surface area contributed by atoms with Crippen molar-refractivity contribution in [3.63, 3.8) is 0 Å². The molecule has 1 atom stereocenters. The van der Waals surface area contributed by atoms with Crippen molar-refractivity contribution in [3.8, 4) is 28.5 Å². The number of nitrogens with one attached hydrogen (secondary N) is 1. The van der Waals surface area contributed by atoms with Crippen molar-refractivity contribution in [3.05, 3.63) is 24.2 Å². The average molecular weight is 359 g/mol. The van der Waals surface area contributed by atoms with Crippen molar-refractivity contribution in [2.24, 2.45) is 0 Å².